The minimum atomic E-state index is -1.08. The molecule has 1 aliphatic rings. The largest absolute Gasteiger partial charge is 0.493 e. The summed E-state index contributed by atoms with van der Waals surface area (Å²) in [5, 5.41) is 5.96. The molecule has 2 N–H and O–H groups in total. The second kappa shape index (κ2) is 15.1. The zero-order chi connectivity index (χ0) is 33.5. The van der Waals surface area contributed by atoms with Gasteiger partial charge in [-0.25, -0.2) is 22.4 Å². The monoisotopic (exact) mass is 649 g/mol. The second-order valence-electron chi connectivity index (χ2n) is 11.2. The van der Waals surface area contributed by atoms with Gasteiger partial charge in [-0.2, -0.15) is 0 Å². The van der Waals surface area contributed by atoms with Crippen LogP contribution in [-0.2, 0) is 9.53 Å². The van der Waals surface area contributed by atoms with Crippen molar-refractivity contribution in [2.24, 2.45) is 0 Å². The molecule has 1 fully saturated rings. The van der Waals surface area contributed by atoms with E-state index in [0.29, 0.717) is 19.0 Å². The minimum Gasteiger partial charge on any atom is -0.493 e. The molecule has 11 heteroatoms. The van der Waals surface area contributed by atoms with Crippen LogP contribution >= 0.6 is 0 Å². The maximum absolute atomic E-state index is 15.5. The number of hydrogen-bond donors (Lipinski definition) is 2. The lowest BCUT2D eigenvalue weighted by Crippen LogP contribution is -2.33. The normalized spacial score (nSPS) is 13.7. The van der Waals surface area contributed by atoms with Crippen molar-refractivity contribution in [3.8, 4) is 11.4 Å². The fraction of sp³-hybridized carbons (Fsp3) is 0.278. The summed E-state index contributed by atoms with van der Waals surface area (Å²) in [4.78, 5) is 25.9. The van der Waals surface area contributed by atoms with E-state index in [-0.39, 0.29) is 46.9 Å². The second-order valence-corrected chi connectivity index (χ2v) is 11.2. The van der Waals surface area contributed by atoms with Crippen LogP contribution in [-0.4, -0.2) is 36.8 Å². The number of aromatic nitrogens is 1. The summed E-state index contributed by atoms with van der Waals surface area (Å²) < 4.78 is 71.1. The predicted octanol–water partition coefficient (Wildman–Crippen LogP) is 7.08. The van der Waals surface area contributed by atoms with E-state index in [4.69, 9.17) is 9.47 Å². The Bertz CT molecular complexity index is 1780. The van der Waals surface area contributed by atoms with Gasteiger partial charge in [-0.1, -0.05) is 36.9 Å². The van der Waals surface area contributed by atoms with Gasteiger partial charge in [0, 0.05) is 42.4 Å². The molecule has 1 atom stereocenters. The molecular weight excluding hydrogens is 614 g/mol. The van der Waals surface area contributed by atoms with Crippen LogP contribution in [0.5, 0.6) is 5.75 Å². The van der Waals surface area contributed by atoms with Crippen LogP contribution in [0.15, 0.2) is 84.2 Å². The lowest BCUT2D eigenvalue weighted by Gasteiger charge is -2.21. The Morgan fingerprint density at radius 3 is 2.28 bits per heavy atom. The highest BCUT2D eigenvalue weighted by Crippen LogP contribution is 2.32. The van der Waals surface area contributed by atoms with Gasteiger partial charge in [0.1, 0.15) is 41.0 Å². The molecule has 7 nitrogen and oxygen atoms in total. The number of nitrogens with one attached hydrogen (secondary N) is 2. The molecule has 5 rings (SSSR count). The lowest BCUT2D eigenvalue weighted by molar-refractivity contribution is -0.151. The van der Waals surface area contributed by atoms with Crippen molar-refractivity contribution >= 4 is 17.4 Å². The molecule has 4 aromatic rings. The van der Waals surface area contributed by atoms with E-state index < -0.39 is 40.6 Å². The van der Waals surface area contributed by atoms with E-state index in [0.717, 1.165) is 60.1 Å². The fourth-order valence-electron chi connectivity index (χ4n) is 5.70. The van der Waals surface area contributed by atoms with Crippen LogP contribution in [0, 0.1) is 23.3 Å². The average Bonchev–Trinajstić information content (AvgIpc) is 3.56. The highest BCUT2D eigenvalue weighted by molar-refractivity contribution is 5.84. The Morgan fingerprint density at radius 1 is 0.936 bits per heavy atom. The van der Waals surface area contributed by atoms with Gasteiger partial charge in [-0.3, -0.25) is 9.36 Å². The summed E-state index contributed by atoms with van der Waals surface area (Å²) in [6, 6.07) is 15.8. The maximum Gasteiger partial charge on any atom is 0.328 e. The van der Waals surface area contributed by atoms with Crippen molar-refractivity contribution in [2.75, 3.05) is 25.5 Å². The highest BCUT2D eigenvalue weighted by atomic mass is 19.1. The first-order valence-corrected chi connectivity index (χ1v) is 15.4. The third-order valence-corrected chi connectivity index (χ3v) is 8.02. The van der Waals surface area contributed by atoms with Gasteiger partial charge in [-0.05, 0) is 68.0 Å². The Labute approximate surface area is 269 Å². The van der Waals surface area contributed by atoms with E-state index in [1.165, 1.54) is 19.2 Å². The molecule has 1 aliphatic carbocycles. The summed E-state index contributed by atoms with van der Waals surface area (Å²) in [7, 11) is 1.43. The number of hydrogen-bond acceptors (Lipinski definition) is 6. The van der Waals surface area contributed by atoms with Gasteiger partial charge in [0.25, 0.3) is 5.56 Å². The Kier molecular flexibility index (Phi) is 10.8. The molecule has 0 saturated heterocycles. The van der Waals surface area contributed by atoms with Crippen LogP contribution in [0.4, 0.5) is 23.4 Å². The lowest BCUT2D eigenvalue weighted by atomic mass is 9.99. The van der Waals surface area contributed by atoms with Gasteiger partial charge in [0.15, 0.2) is 11.6 Å². The van der Waals surface area contributed by atoms with E-state index >= 15 is 8.78 Å². The number of carbonyl (C=O) groups is 1. The van der Waals surface area contributed by atoms with Crippen molar-refractivity contribution in [1.29, 1.82) is 0 Å². The van der Waals surface area contributed by atoms with E-state index in [1.807, 2.05) is 30.3 Å². The predicted molar refractivity (Wildman–Crippen MR) is 172 cm³/mol. The maximum atomic E-state index is 15.5. The van der Waals surface area contributed by atoms with E-state index in [1.54, 1.807) is 0 Å². The number of ether oxygens (including phenoxy) is 2. The molecule has 3 aromatic carbocycles. The molecule has 1 saturated carbocycles. The number of esters is 1. The van der Waals surface area contributed by atoms with Gasteiger partial charge in [0.05, 0.1) is 6.61 Å². The van der Waals surface area contributed by atoms with Crippen molar-refractivity contribution in [3.05, 3.63) is 130 Å². The number of pyridine rings is 1. The molecule has 1 aromatic heterocycles. The Hall–Kier alpha value is -4.90. The molecule has 47 heavy (non-hydrogen) atoms. The first kappa shape index (κ1) is 33.5. The van der Waals surface area contributed by atoms with Crippen LogP contribution in [0.3, 0.4) is 0 Å². The van der Waals surface area contributed by atoms with Crippen molar-refractivity contribution in [3.63, 3.8) is 0 Å². The molecule has 0 aliphatic heterocycles. The average molecular weight is 650 g/mol. The van der Waals surface area contributed by atoms with Gasteiger partial charge < -0.3 is 20.1 Å². The summed E-state index contributed by atoms with van der Waals surface area (Å²) in [6.07, 6.45) is 4.11. The number of carbonyl (C=O) groups excluding carboxylic acids is 1. The summed E-state index contributed by atoms with van der Waals surface area (Å²) in [5.74, 6) is -4.33. The standard InChI is InChI=1S/C36H35F4N3O4/c1-22(27-14-13-24(37)19-29(27)38)28-15-16-32(44)43(35(28)41-2)34-30(39)20-26(21-31(34)40)46-18-8-17-42-33(23-9-4-3-5-10-23)36(45)47-25-11-6-7-12-25/h3-5,9-10,13-16,19-21,25,33,41-42H,1,6-8,11-12,17-18H2,2H3/t33-/m0/s1. The number of benzene rings is 3. The SMILES string of the molecule is C=C(c1ccc(F)cc1F)c1ccc(=O)n(-c2c(F)cc(OCCCN[C@H](C(=O)OC3CCCC3)c3ccccc3)cc2F)c1NC. The molecule has 1 heterocycles. The minimum absolute atomic E-state index is 0.0481. The van der Waals surface area contributed by atoms with Gasteiger partial charge >= 0.3 is 5.97 Å². The number of halogens is 4. The zero-order valence-corrected chi connectivity index (χ0v) is 25.8. The molecule has 0 radical (unpaired) electrons. The Balaban J connectivity index is 1.28. The molecule has 0 bridgehead atoms. The Morgan fingerprint density at radius 2 is 1.62 bits per heavy atom. The van der Waals surface area contributed by atoms with E-state index in [2.05, 4.69) is 17.2 Å². The fourth-order valence-corrected chi connectivity index (χ4v) is 5.70. The molecular formula is C36H35F4N3O4. The van der Waals surface area contributed by atoms with Gasteiger partial charge in [-0.15, -0.1) is 0 Å². The van der Waals surface area contributed by atoms with Crippen molar-refractivity contribution < 1.29 is 31.8 Å². The first-order chi connectivity index (χ1) is 22.7. The molecule has 0 spiro atoms. The van der Waals surface area contributed by atoms with Crippen molar-refractivity contribution in [1.82, 2.24) is 9.88 Å². The molecule has 0 amide bonds. The number of rotatable bonds is 13. The first-order valence-electron chi connectivity index (χ1n) is 15.4. The summed E-state index contributed by atoms with van der Waals surface area (Å²) in [6.45, 7) is 4.30. The topological polar surface area (TPSA) is 81.6 Å². The van der Waals surface area contributed by atoms with Crippen LogP contribution in [0.1, 0.15) is 54.8 Å². The quantitative estimate of drug-likeness (QED) is 0.0916. The van der Waals surface area contributed by atoms with E-state index in [9.17, 15) is 18.4 Å². The van der Waals surface area contributed by atoms with Crippen LogP contribution in [0.2, 0.25) is 0 Å². The third kappa shape index (κ3) is 7.74. The molecule has 0 unspecified atom stereocenters. The smallest absolute Gasteiger partial charge is 0.328 e. The summed E-state index contributed by atoms with van der Waals surface area (Å²) in [5.41, 5.74) is -0.478. The number of anilines is 1. The van der Waals surface area contributed by atoms with Gasteiger partial charge in [0.2, 0.25) is 0 Å². The third-order valence-electron chi connectivity index (χ3n) is 8.02. The zero-order valence-electron chi connectivity index (χ0n) is 25.8. The van der Waals surface area contributed by atoms with Crippen LogP contribution < -0.4 is 20.9 Å². The molecule has 246 valence electrons. The van der Waals surface area contributed by atoms with Crippen LogP contribution in [0.25, 0.3) is 11.3 Å². The highest BCUT2D eigenvalue weighted by Gasteiger charge is 2.27. The van der Waals surface area contributed by atoms with Crippen molar-refractivity contribution in [2.45, 2.75) is 44.2 Å². The summed E-state index contributed by atoms with van der Waals surface area (Å²) >= 11 is 0. The number of nitrogens with zero attached hydrogens (tertiary/aromatic N) is 1.